The molecule has 1 aromatic rings. The van der Waals surface area contributed by atoms with Crippen LogP contribution in [-0.4, -0.2) is 23.3 Å². The highest BCUT2D eigenvalue weighted by Crippen LogP contribution is 2.01. The van der Waals surface area contributed by atoms with E-state index >= 15 is 0 Å². The number of carbonyl (C=O) groups is 1. The van der Waals surface area contributed by atoms with Crippen molar-refractivity contribution in [2.75, 3.05) is 6.54 Å². The quantitative estimate of drug-likeness (QED) is 0.426. The van der Waals surface area contributed by atoms with Crippen molar-refractivity contribution in [2.45, 2.75) is 13.8 Å². The summed E-state index contributed by atoms with van der Waals surface area (Å²) in [6, 6.07) is 9.52. The molecule has 1 rings (SSSR count). The lowest BCUT2D eigenvalue weighted by atomic mass is 10.1. The number of thiocarbonyl (C=S) groups is 1. The molecule has 0 saturated carbocycles. The molecule has 1 amide bonds. The van der Waals surface area contributed by atoms with Crippen LogP contribution in [0.5, 0.6) is 0 Å². The van der Waals surface area contributed by atoms with Crippen molar-refractivity contribution in [1.82, 2.24) is 10.7 Å². The van der Waals surface area contributed by atoms with Crippen molar-refractivity contribution < 1.29 is 4.79 Å². The van der Waals surface area contributed by atoms with E-state index in [9.17, 15) is 4.79 Å². The lowest BCUT2D eigenvalue weighted by molar-refractivity contribution is -0.123. The van der Waals surface area contributed by atoms with Gasteiger partial charge in [-0.3, -0.25) is 10.2 Å². The maximum atomic E-state index is 11.6. The highest BCUT2D eigenvalue weighted by atomic mass is 32.1. The van der Waals surface area contributed by atoms with E-state index in [1.165, 1.54) is 0 Å². The van der Waals surface area contributed by atoms with Crippen LogP contribution >= 0.6 is 12.2 Å². The molecule has 0 heterocycles. The van der Waals surface area contributed by atoms with Gasteiger partial charge in [-0.05, 0) is 17.8 Å². The number of amides is 1. The molecule has 19 heavy (non-hydrogen) atoms. The van der Waals surface area contributed by atoms with Crippen LogP contribution in [0.4, 0.5) is 0 Å². The number of nitrogens with one attached hydrogen (secondary N) is 2. The zero-order valence-corrected chi connectivity index (χ0v) is 11.8. The number of carbonyl (C=O) groups excluding carboxylic acids is 1. The molecule has 0 fully saturated rings. The molecule has 0 spiro atoms. The zero-order valence-electron chi connectivity index (χ0n) is 11.0. The van der Waals surface area contributed by atoms with Gasteiger partial charge >= 0.3 is 0 Å². The number of benzene rings is 1. The van der Waals surface area contributed by atoms with Crippen LogP contribution in [0.3, 0.4) is 0 Å². The summed E-state index contributed by atoms with van der Waals surface area (Å²) in [7, 11) is 0. The third kappa shape index (κ3) is 5.48. The van der Waals surface area contributed by atoms with Gasteiger partial charge in [0.25, 0.3) is 0 Å². The Labute approximate surface area is 118 Å². The van der Waals surface area contributed by atoms with Gasteiger partial charge in [-0.1, -0.05) is 44.2 Å². The van der Waals surface area contributed by atoms with Gasteiger partial charge in [0.15, 0.2) is 5.11 Å². The van der Waals surface area contributed by atoms with Crippen LogP contribution in [-0.2, 0) is 4.79 Å². The van der Waals surface area contributed by atoms with Crippen molar-refractivity contribution >= 4 is 28.9 Å². The van der Waals surface area contributed by atoms with Crippen molar-refractivity contribution in [3.8, 4) is 0 Å². The van der Waals surface area contributed by atoms with Crippen LogP contribution in [0.15, 0.2) is 35.4 Å². The van der Waals surface area contributed by atoms with E-state index in [-0.39, 0.29) is 16.9 Å². The summed E-state index contributed by atoms with van der Waals surface area (Å²) in [4.78, 5) is 11.6. The Bertz CT molecular complexity index is 471. The zero-order chi connectivity index (χ0) is 14.3. The molecule has 0 aliphatic heterocycles. The Balaban J connectivity index is 2.79. The lowest BCUT2D eigenvalue weighted by Crippen LogP contribution is -2.35. The van der Waals surface area contributed by atoms with Gasteiger partial charge in [0, 0.05) is 5.92 Å². The highest BCUT2D eigenvalue weighted by Gasteiger charge is 2.09. The number of hydrogen-bond acceptors (Lipinski definition) is 3. The van der Waals surface area contributed by atoms with E-state index in [2.05, 4.69) is 15.8 Å². The van der Waals surface area contributed by atoms with Gasteiger partial charge < -0.3 is 11.1 Å². The monoisotopic (exact) mass is 278 g/mol. The Hall–Kier alpha value is -1.95. The predicted octanol–water partition coefficient (Wildman–Crippen LogP) is 0.996. The van der Waals surface area contributed by atoms with Gasteiger partial charge in [-0.15, -0.1) is 0 Å². The standard InChI is InChI=1S/C13H18N4OS/c1-9(2)12(18)15-8-11(16-17-13(14)19)10-6-4-3-5-7-10/h3-7,9H,8H2,1-2H3,(H,15,18)(H3,14,17,19)/b16-11-. The van der Waals surface area contributed by atoms with E-state index < -0.39 is 0 Å². The number of nitrogens with two attached hydrogens (primary N) is 1. The van der Waals surface area contributed by atoms with E-state index in [0.717, 1.165) is 5.56 Å². The minimum atomic E-state index is -0.0689. The van der Waals surface area contributed by atoms with E-state index in [4.69, 9.17) is 18.0 Å². The van der Waals surface area contributed by atoms with Crippen LogP contribution in [0, 0.1) is 5.92 Å². The highest BCUT2D eigenvalue weighted by molar-refractivity contribution is 7.80. The first kappa shape index (κ1) is 15.1. The lowest BCUT2D eigenvalue weighted by Gasteiger charge is -2.10. The Kier molecular flexibility index (Phi) is 5.95. The number of nitrogens with zero attached hydrogens (tertiary/aromatic N) is 1. The van der Waals surface area contributed by atoms with Gasteiger partial charge in [0.2, 0.25) is 5.91 Å². The SMILES string of the molecule is CC(C)C(=O)NC/C(=N/NC(N)=S)c1ccccc1. The fraction of sp³-hybridized carbons (Fsp3) is 0.308. The van der Waals surface area contributed by atoms with Crippen molar-refractivity contribution in [3.63, 3.8) is 0 Å². The summed E-state index contributed by atoms with van der Waals surface area (Å²) in [5, 5.41) is 7.01. The molecule has 0 atom stereocenters. The minimum absolute atomic E-state index is 0.0287. The Morgan fingerprint density at radius 1 is 1.37 bits per heavy atom. The number of hydrogen-bond donors (Lipinski definition) is 3. The molecule has 0 aliphatic rings. The molecule has 5 nitrogen and oxygen atoms in total. The fourth-order valence-electron chi connectivity index (χ4n) is 1.33. The summed E-state index contributed by atoms with van der Waals surface area (Å²) in [5.74, 6) is -0.0977. The second-order valence-electron chi connectivity index (χ2n) is 4.27. The van der Waals surface area contributed by atoms with Gasteiger partial charge in [0.1, 0.15) is 0 Å². The van der Waals surface area contributed by atoms with Crippen LogP contribution in [0.1, 0.15) is 19.4 Å². The topological polar surface area (TPSA) is 79.5 Å². The Morgan fingerprint density at radius 2 is 2.00 bits per heavy atom. The molecule has 0 saturated heterocycles. The average molecular weight is 278 g/mol. The van der Waals surface area contributed by atoms with Gasteiger partial charge in [-0.25, -0.2) is 0 Å². The molecule has 4 N–H and O–H groups in total. The maximum absolute atomic E-state index is 11.6. The van der Waals surface area contributed by atoms with E-state index in [1.54, 1.807) is 0 Å². The molecule has 102 valence electrons. The van der Waals surface area contributed by atoms with E-state index in [0.29, 0.717) is 12.3 Å². The third-order valence-electron chi connectivity index (χ3n) is 2.36. The molecule has 1 aromatic carbocycles. The summed E-state index contributed by atoms with van der Waals surface area (Å²) < 4.78 is 0. The molecule has 0 radical (unpaired) electrons. The summed E-state index contributed by atoms with van der Waals surface area (Å²) in [5.41, 5.74) is 9.46. The minimum Gasteiger partial charge on any atom is -0.375 e. The first-order chi connectivity index (χ1) is 9.00. The van der Waals surface area contributed by atoms with Gasteiger partial charge in [-0.2, -0.15) is 5.10 Å². The molecule has 0 aromatic heterocycles. The Morgan fingerprint density at radius 3 is 2.53 bits per heavy atom. The van der Waals surface area contributed by atoms with Crippen LogP contribution in [0.2, 0.25) is 0 Å². The fourth-order valence-corrected chi connectivity index (χ4v) is 1.38. The first-order valence-corrected chi connectivity index (χ1v) is 6.36. The second-order valence-corrected chi connectivity index (χ2v) is 4.71. The smallest absolute Gasteiger partial charge is 0.222 e. The number of hydrazone groups is 1. The molecule has 0 unspecified atom stereocenters. The molecule has 0 aliphatic carbocycles. The molecular weight excluding hydrogens is 260 g/mol. The molecule has 0 bridgehead atoms. The van der Waals surface area contributed by atoms with Crippen molar-refractivity contribution in [3.05, 3.63) is 35.9 Å². The normalized spacial score (nSPS) is 11.2. The van der Waals surface area contributed by atoms with E-state index in [1.807, 2.05) is 44.2 Å². The summed E-state index contributed by atoms with van der Waals surface area (Å²) in [6.07, 6.45) is 0. The van der Waals surface area contributed by atoms with Crippen LogP contribution in [0.25, 0.3) is 0 Å². The largest absolute Gasteiger partial charge is 0.375 e. The number of rotatable bonds is 5. The second kappa shape index (κ2) is 7.48. The predicted molar refractivity (Wildman–Crippen MR) is 80.7 cm³/mol. The maximum Gasteiger partial charge on any atom is 0.222 e. The summed E-state index contributed by atoms with van der Waals surface area (Å²) >= 11 is 4.71. The molecular formula is C13H18N4OS. The average Bonchev–Trinajstić information content (AvgIpc) is 2.39. The first-order valence-electron chi connectivity index (χ1n) is 5.96. The van der Waals surface area contributed by atoms with Crippen LogP contribution < -0.4 is 16.5 Å². The third-order valence-corrected chi connectivity index (χ3v) is 2.45. The molecule has 6 heteroatoms. The van der Waals surface area contributed by atoms with Crippen molar-refractivity contribution in [1.29, 1.82) is 0 Å². The van der Waals surface area contributed by atoms with Crippen molar-refractivity contribution in [2.24, 2.45) is 16.8 Å². The van der Waals surface area contributed by atoms with Gasteiger partial charge in [0.05, 0.1) is 12.3 Å². The summed E-state index contributed by atoms with van der Waals surface area (Å²) in [6.45, 7) is 3.99.